The normalized spacial score (nSPS) is 13.7. The van der Waals surface area contributed by atoms with Crippen LogP contribution in [0.25, 0.3) is 27.8 Å². The Morgan fingerprint density at radius 1 is 1.05 bits per heavy atom. The SMILES string of the molecule is CCc1cccc(CC)c1-n1nc2c(c1-c1cc(F)c(Cl)c3[nH]ncc13)CN(c1ncc(C(F)(F)F)cn1)CC2. The van der Waals surface area contributed by atoms with E-state index in [2.05, 4.69) is 46.1 Å². The Hall–Kier alpha value is -3.99. The van der Waals surface area contributed by atoms with Gasteiger partial charge in [0, 0.05) is 48.4 Å². The maximum Gasteiger partial charge on any atom is 0.419 e. The van der Waals surface area contributed by atoms with Crippen LogP contribution in [0.1, 0.15) is 41.8 Å². The standard InChI is InChI=1S/C28H24ClF4N7/c1-3-15-6-5-7-16(4-2)25(15)40-26(18-10-21(30)23(29)24-19(18)13-36-37-24)20-14-39(9-8-22(20)38-40)27-34-11-17(12-35-27)28(31,32)33/h5-7,10-13H,3-4,8-9,14H2,1-2H3,(H,36,37). The molecule has 0 saturated carbocycles. The molecule has 0 fully saturated rings. The van der Waals surface area contributed by atoms with Crippen molar-refractivity contribution in [2.75, 3.05) is 11.4 Å². The molecule has 6 rings (SSSR count). The van der Waals surface area contributed by atoms with Gasteiger partial charge in [0.25, 0.3) is 0 Å². The van der Waals surface area contributed by atoms with E-state index in [-0.39, 0.29) is 17.5 Å². The zero-order chi connectivity index (χ0) is 28.2. The van der Waals surface area contributed by atoms with E-state index in [0.717, 1.165) is 53.3 Å². The van der Waals surface area contributed by atoms with Crippen LogP contribution in [0.2, 0.25) is 5.02 Å². The number of halogens is 5. The van der Waals surface area contributed by atoms with Gasteiger partial charge < -0.3 is 4.90 Å². The first-order valence-corrected chi connectivity index (χ1v) is 13.3. The van der Waals surface area contributed by atoms with Gasteiger partial charge in [-0.3, -0.25) is 5.10 Å². The summed E-state index contributed by atoms with van der Waals surface area (Å²) in [6, 6.07) is 7.51. The average molecular weight is 570 g/mol. The number of aromatic amines is 1. The fourth-order valence-electron chi connectivity index (χ4n) is 5.34. The molecule has 0 saturated heterocycles. The maximum absolute atomic E-state index is 15.2. The minimum atomic E-state index is -4.53. The van der Waals surface area contributed by atoms with Crippen LogP contribution in [-0.4, -0.2) is 36.5 Å². The van der Waals surface area contributed by atoms with Gasteiger partial charge in [0.1, 0.15) is 10.8 Å². The van der Waals surface area contributed by atoms with E-state index in [1.54, 1.807) is 6.20 Å². The third-order valence-corrected chi connectivity index (χ3v) is 7.71. The summed E-state index contributed by atoms with van der Waals surface area (Å²) in [6.07, 6.45) is 0.670. The van der Waals surface area contributed by atoms with Gasteiger partial charge in [-0.25, -0.2) is 19.0 Å². The van der Waals surface area contributed by atoms with E-state index in [1.807, 2.05) is 15.6 Å². The molecule has 0 spiro atoms. The van der Waals surface area contributed by atoms with Gasteiger partial charge in [0.2, 0.25) is 5.95 Å². The molecule has 4 heterocycles. The van der Waals surface area contributed by atoms with Crippen LogP contribution in [0.5, 0.6) is 0 Å². The van der Waals surface area contributed by atoms with Crippen molar-refractivity contribution >= 4 is 28.5 Å². The smallest absolute Gasteiger partial charge is 0.336 e. The molecule has 1 N–H and O–H groups in total. The van der Waals surface area contributed by atoms with Crippen LogP contribution < -0.4 is 4.90 Å². The Morgan fingerprint density at radius 2 is 1.75 bits per heavy atom. The molecule has 12 heteroatoms. The molecule has 0 amide bonds. The summed E-state index contributed by atoms with van der Waals surface area (Å²) in [5.41, 5.74) is 5.42. The molecular weight excluding hydrogens is 546 g/mol. The van der Waals surface area contributed by atoms with E-state index in [9.17, 15) is 13.2 Å². The molecule has 0 atom stereocenters. The lowest BCUT2D eigenvalue weighted by molar-refractivity contribution is -0.138. The molecular formula is C28H24ClF4N7. The number of hydrogen-bond donors (Lipinski definition) is 1. The van der Waals surface area contributed by atoms with Crippen molar-refractivity contribution in [3.63, 3.8) is 0 Å². The summed E-state index contributed by atoms with van der Waals surface area (Å²) in [5.74, 6) is -0.426. The molecule has 7 nitrogen and oxygen atoms in total. The molecule has 0 radical (unpaired) electrons. The molecule has 40 heavy (non-hydrogen) atoms. The Labute approximate surface area is 231 Å². The lowest BCUT2D eigenvalue weighted by atomic mass is 9.97. The van der Waals surface area contributed by atoms with Crippen LogP contribution in [0.3, 0.4) is 0 Å². The molecule has 3 aromatic heterocycles. The number of anilines is 1. The largest absolute Gasteiger partial charge is 0.419 e. The molecule has 0 bridgehead atoms. The first-order chi connectivity index (χ1) is 19.2. The number of fused-ring (bicyclic) bond motifs is 2. The van der Waals surface area contributed by atoms with E-state index in [1.165, 1.54) is 6.07 Å². The number of aryl methyl sites for hydroxylation is 2. The number of nitrogens with zero attached hydrogens (tertiary/aromatic N) is 6. The van der Waals surface area contributed by atoms with Crippen molar-refractivity contribution in [2.24, 2.45) is 0 Å². The summed E-state index contributed by atoms with van der Waals surface area (Å²) >= 11 is 6.27. The van der Waals surface area contributed by atoms with Crippen molar-refractivity contribution in [1.29, 1.82) is 0 Å². The predicted octanol–water partition coefficient (Wildman–Crippen LogP) is 6.70. The molecule has 1 aliphatic heterocycles. The molecule has 2 aromatic carbocycles. The zero-order valence-electron chi connectivity index (χ0n) is 21.7. The first kappa shape index (κ1) is 26.2. The van der Waals surface area contributed by atoms with Crippen LogP contribution in [-0.2, 0) is 32.0 Å². The molecule has 1 aliphatic rings. The fourth-order valence-corrected chi connectivity index (χ4v) is 5.54. The number of aromatic nitrogens is 6. The third-order valence-electron chi connectivity index (χ3n) is 7.34. The second kappa shape index (κ2) is 9.88. The van der Waals surface area contributed by atoms with Crippen molar-refractivity contribution < 1.29 is 17.6 Å². The fraction of sp³-hybridized carbons (Fsp3) is 0.286. The highest BCUT2D eigenvalue weighted by atomic mass is 35.5. The van der Waals surface area contributed by atoms with Gasteiger partial charge in [-0.05, 0) is 30.0 Å². The second-order valence-electron chi connectivity index (χ2n) is 9.64. The second-order valence-corrected chi connectivity index (χ2v) is 10.0. The average Bonchev–Trinajstić information content (AvgIpc) is 3.59. The number of benzene rings is 2. The minimum Gasteiger partial charge on any atom is -0.336 e. The van der Waals surface area contributed by atoms with Crippen molar-refractivity contribution in [3.05, 3.63) is 81.6 Å². The molecule has 206 valence electrons. The zero-order valence-corrected chi connectivity index (χ0v) is 22.4. The van der Waals surface area contributed by atoms with Crippen LogP contribution >= 0.6 is 11.6 Å². The van der Waals surface area contributed by atoms with Gasteiger partial charge >= 0.3 is 6.18 Å². The highest BCUT2D eigenvalue weighted by Crippen LogP contribution is 2.41. The Morgan fingerprint density at radius 3 is 2.40 bits per heavy atom. The van der Waals surface area contributed by atoms with Gasteiger partial charge in [-0.2, -0.15) is 23.4 Å². The number of para-hydroxylation sites is 1. The molecule has 0 unspecified atom stereocenters. The summed E-state index contributed by atoms with van der Waals surface area (Å²) in [4.78, 5) is 9.82. The summed E-state index contributed by atoms with van der Waals surface area (Å²) in [7, 11) is 0. The van der Waals surface area contributed by atoms with Crippen molar-refractivity contribution in [2.45, 2.75) is 45.8 Å². The summed E-state index contributed by atoms with van der Waals surface area (Å²) < 4.78 is 56.4. The third kappa shape index (κ3) is 4.28. The lowest BCUT2D eigenvalue weighted by Gasteiger charge is -2.27. The monoisotopic (exact) mass is 569 g/mol. The first-order valence-electron chi connectivity index (χ1n) is 12.9. The highest BCUT2D eigenvalue weighted by Gasteiger charge is 2.33. The van der Waals surface area contributed by atoms with Crippen LogP contribution in [0, 0.1) is 5.82 Å². The van der Waals surface area contributed by atoms with Gasteiger partial charge in [0.15, 0.2) is 0 Å². The minimum absolute atomic E-state index is 0.0563. The van der Waals surface area contributed by atoms with Gasteiger partial charge in [0.05, 0.1) is 34.4 Å². The highest BCUT2D eigenvalue weighted by molar-refractivity contribution is 6.35. The molecule has 5 aromatic rings. The van der Waals surface area contributed by atoms with E-state index < -0.39 is 17.6 Å². The maximum atomic E-state index is 15.2. The molecule has 0 aliphatic carbocycles. The number of H-pyrrole nitrogens is 1. The number of nitrogens with one attached hydrogen (secondary N) is 1. The topological polar surface area (TPSA) is 75.5 Å². The number of alkyl halides is 3. The number of rotatable bonds is 5. The Kier molecular flexibility index (Phi) is 6.48. The number of hydrogen-bond acceptors (Lipinski definition) is 5. The van der Waals surface area contributed by atoms with Crippen molar-refractivity contribution in [1.82, 2.24) is 29.9 Å². The lowest BCUT2D eigenvalue weighted by Crippen LogP contribution is -2.31. The van der Waals surface area contributed by atoms with E-state index in [0.29, 0.717) is 35.1 Å². The van der Waals surface area contributed by atoms with Gasteiger partial charge in [-0.15, -0.1) is 0 Å². The van der Waals surface area contributed by atoms with E-state index in [4.69, 9.17) is 16.7 Å². The van der Waals surface area contributed by atoms with Crippen LogP contribution in [0.4, 0.5) is 23.5 Å². The summed E-state index contributed by atoms with van der Waals surface area (Å²) in [5, 5.41) is 12.5. The predicted molar refractivity (Wildman–Crippen MR) is 144 cm³/mol. The Balaban J connectivity index is 1.57. The summed E-state index contributed by atoms with van der Waals surface area (Å²) in [6.45, 7) is 4.87. The van der Waals surface area contributed by atoms with Crippen molar-refractivity contribution in [3.8, 4) is 16.9 Å². The van der Waals surface area contributed by atoms with E-state index >= 15 is 4.39 Å². The van der Waals surface area contributed by atoms with Crippen LogP contribution in [0.15, 0.2) is 42.9 Å². The van der Waals surface area contributed by atoms with Gasteiger partial charge in [-0.1, -0.05) is 43.6 Å². The quantitative estimate of drug-likeness (QED) is 0.238. The Bertz CT molecular complexity index is 1700.